The van der Waals surface area contributed by atoms with Crippen LogP contribution in [-0.2, 0) is 9.84 Å². The van der Waals surface area contributed by atoms with Gasteiger partial charge in [0.2, 0.25) is 9.84 Å². The summed E-state index contributed by atoms with van der Waals surface area (Å²) in [6, 6.07) is 9.58. The molecular formula is C15H13BrO4S. The Labute approximate surface area is 131 Å². The fourth-order valence-electron chi connectivity index (χ4n) is 2.04. The van der Waals surface area contributed by atoms with Gasteiger partial charge in [0.1, 0.15) is 16.9 Å². The maximum atomic E-state index is 12.9. The number of ether oxygens (including phenoxy) is 1. The lowest BCUT2D eigenvalue weighted by Gasteiger charge is -2.13. The molecule has 0 aliphatic carbocycles. The number of carbonyl (C=O) groups excluding carboxylic acids is 1. The van der Waals surface area contributed by atoms with Crippen LogP contribution in [0.25, 0.3) is 0 Å². The highest BCUT2D eigenvalue weighted by Gasteiger charge is 2.27. The van der Waals surface area contributed by atoms with Crippen molar-refractivity contribution in [1.82, 2.24) is 0 Å². The van der Waals surface area contributed by atoms with Crippen LogP contribution in [-0.4, -0.2) is 21.8 Å². The summed E-state index contributed by atoms with van der Waals surface area (Å²) < 4.78 is 31.2. The Morgan fingerprint density at radius 1 is 1.19 bits per heavy atom. The maximum Gasteiger partial charge on any atom is 0.211 e. The van der Waals surface area contributed by atoms with E-state index < -0.39 is 9.84 Å². The van der Waals surface area contributed by atoms with Gasteiger partial charge in [0, 0.05) is 10.0 Å². The molecular weight excluding hydrogens is 356 g/mol. The molecule has 2 aromatic rings. The minimum absolute atomic E-state index is 0.0184. The standard InChI is InChI=1S/C15H13BrO4S/c1-10-5-3-4-6-14(10)21(18,19)15-12(16)7-11(9-17)8-13(15)20-2/h3-9H,1-2H3. The van der Waals surface area contributed by atoms with Crippen molar-refractivity contribution in [2.24, 2.45) is 0 Å². The molecule has 21 heavy (non-hydrogen) atoms. The summed E-state index contributed by atoms with van der Waals surface area (Å²) in [6.07, 6.45) is 0.636. The van der Waals surface area contributed by atoms with Crippen molar-refractivity contribution in [3.8, 4) is 5.75 Å². The molecule has 0 N–H and O–H groups in total. The van der Waals surface area contributed by atoms with E-state index in [0.717, 1.165) is 0 Å². The highest BCUT2D eigenvalue weighted by Crippen LogP contribution is 2.37. The number of carbonyl (C=O) groups is 1. The van der Waals surface area contributed by atoms with Crippen LogP contribution in [0.2, 0.25) is 0 Å². The molecule has 0 amide bonds. The number of benzene rings is 2. The maximum absolute atomic E-state index is 12.9. The highest BCUT2D eigenvalue weighted by atomic mass is 79.9. The second-order valence-electron chi connectivity index (χ2n) is 4.42. The largest absolute Gasteiger partial charge is 0.495 e. The lowest BCUT2D eigenvalue weighted by atomic mass is 10.2. The van der Waals surface area contributed by atoms with E-state index in [2.05, 4.69) is 15.9 Å². The van der Waals surface area contributed by atoms with Gasteiger partial charge in [-0.3, -0.25) is 4.79 Å². The van der Waals surface area contributed by atoms with Gasteiger partial charge < -0.3 is 4.74 Å². The third kappa shape index (κ3) is 2.87. The first-order chi connectivity index (χ1) is 9.91. The van der Waals surface area contributed by atoms with Gasteiger partial charge in [-0.25, -0.2) is 8.42 Å². The van der Waals surface area contributed by atoms with Crippen LogP contribution in [0.5, 0.6) is 5.75 Å². The van der Waals surface area contributed by atoms with E-state index in [1.807, 2.05) is 0 Å². The summed E-state index contributed by atoms with van der Waals surface area (Å²) in [5.41, 5.74) is 0.980. The Morgan fingerprint density at radius 2 is 1.86 bits per heavy atom. The molecule has 0 spiro atoms. The van der Waals surface area contributed by atoms with Crippen molar-refractivity contribution in [2.45, 2.75) is 16.7 Å². The second kappa shape index (κ2) is 5.99. The van der Waals surface area contributed by atoms with E-state index in [-0.39, 0.29) is 15.5 Å². The molecule has 2 aromatic carbocycles. The number of hydrogen-bond acceptors (Lipinski definition) is 4. The summed E-state index contributed by atoms with van der Waals surface area (Å²) in [6.45, 7) is 1.73. The summed E-state index contributed by atoms with van der Waals surface area (Å²) in [5.74, 6) is 0.134. The lowest BCUT2D eigenvalue weighted by molar-refractivity contribution is 0.112. The summed E-state index contributed by atoms with van der Waals surface area (Å²) >= 11 is 3.22. The molecule has 0 heterocycles. The molecule has 0 aliphatic rings. The fraction of sp³-hybridized carbons (Fsp3) is 0.133. The van der Waals surface area contributed by atoms with E-state index in [0.29, 0.717) is 21.9 Å². The van der Waals surface area contributed by atoms with Crippen LogP contribution < -0.4 is 4.74 Å². The first-order valence-electron chi connectivity index (χ1n) is 6.05. The van der Waals surface area contributed by atoms with Gasteiger partial charge in [-0.05, 0) is 46.6 Å². The van der Waals surface area contributed by atoms with Crippen molar-refractivity contribution in [2.75, 3.05) is 7.11 Å². The van der Waals surface area contributed by atoms with Crippen LogP contribution >= 0.6 is 15.9 Å². The van der Waals surface area contributed by atoms with Crippen molar-refractivity contribution < 1.29 is 17.9 Å². The van der Waals surface area contributed by atoms with Crippen LogP contribution in [0.4, 0.5) is 0 Å². The zero-order chi connectivity index (χ0) is 15.6. The molecule has 0 radical (unpaired) electrons. The number of aldehydes is 1. The average molecular weight is 369 g/mol. The molecule has 0 aromatic heterocycles. The number of rotatable bonds is 4. The molecule has 0 bridgehead atoms. The van der Waals surface area contributed by atoms with Gasteiger partial charge >= 0.3 is 0 Å². The fourth-order valence-corrected chi connectivity index (χ4v) is 4.83. The Hall–Kier alpha value is -1.66. The Morgan fingerprint density at radius 3 is 2.43 bits per heavy atom. The molecule has 0 fully saturated rings. The minimum Gasteiger partial charge on any atom is -0.495 e. The number of sulfone groups is 1. The normalized spacial score (nSPS) is 11.2. The molecule has 2 rings (SSSR count). The van der Waals surface area contributed by atoms with Gasteiger partial charge in [0.25, 0.3) is 0 Å². The third-order valence-corrected chi connectivity index (χ3v) is 5.92. The Bertz CT molecular complexity index is 797. The first kappa shape index (κ1) is 15.7. The number of hydrogen-bond donors (Lipinski definition) is 0. The predicted molar refractivity (Wildman–Crippen MR) is 82.7 cm³/mol. The van der Waals surface area contributed by atoms with Gasteiger partial charge in [-0.1, -0.05) is 18.2 Å². The number of halogens is 1. The summed E-state index contributed by atoms with van der Waals surface area (Å²) in [4.78, 5) is 11.1. The van der Waals surface area contributed by atoms with Gasteiger partial charge in [-0.2, -0.15) is 0 Å². The molecule has 6 heteroatoms. The zero-order valence-corrected chi connectivity index (χ0v) is 13.9. The van der Waals surface area contributed by atoms with Crippen LogP contribution in [0.3, 0.4) is 0 Å². The molecule has 0 aliphatic heterocycles. The Balaban J connectivity index is 2.77. The topological polar surface area (TPSA) is 60.4 Å². The van der Waals surface area contributed by atoms with E-state index in [9.17, 15) is 13.2 Å². The minimum atomic E-state index is -3.76. The predicted octanol–water partition coefficient (Wildman–Crippen LogP) is 3.41. The lowest BCUT2D eigenvalue weighted by Crippen LogP contribution is -2.07. The zero-order valence-electron chi connectivity index (χ0n) is 11.5. The third-order valence-electron chi connectivity index (χ3n) is 3.04. The van der Waals surface area contributed by atoms with Crippen LogP contribution in [0, 0.1) is 6.92 Å². The van der Waals surface area contributed by atoms with Crippen molar-refractivity contribution in [1.29, 1.82) is 0 Å². The molecule has 0 saturated heterocycles. The monoisotopic (exact) mass is 368 g/mol. The van der Waals surface area contributed by atoms with Crippen molar-refractivity contribution >= 4 is 32.1 Å². The molecule has 0 saturated carbocycles. The second-order valence-corrected chi connectivity index (χ2v) is 7.13. The molecule has 0 atom stereocenters. The summed E-state index contributed by atoms with van der Waals surface area (Å²) in [5, 5.41) is 0. The molecule has 110 valence electrons. The summed E-state index contributed by atoms with van der Waals surface area (Å²) in [7, 11) is -2.39. The van der Waals surface area contributed by atoms with E-state index in [4.69, 9.17) is 4.74 Å². The van der Waals surface area contributed by atoms with E-state index in [1.54, 1.807) is 31.2 Å². The number of aryl methyl sites for hydroxylation is 1. The number of methoxy groups -OCH3 is 1. The van der Waals surface area contributed by atoms with E-state index in [1.165, 1.54) is 19.2 Å². The van der Waals surface area contributed by atoms with Crippen LogP contribution in [0.15, 0.2) is 50.7 Å². The average Bonchev–Trinajstić information content (AvgIpc) is 2.46. The smallest absolute Gasteiger partial charge is 0.211 e. The van der Waals surface area contributed by atoms with Crippen molar-refractivity contribution in [3.05, 3.63) is 52.0 Å². The SMILES string of the molecule is COc1cc(C=O)cc(Br)c1S(=O)(=O)c1ccccc1C. The molecule has 4 nitrogen and oxygen atoms in total. The van der Waals surface area contributed by atoms with Crippen LogP contribution in [0.1, 0.15) is 15.9 Å². The molecule has 0 unspecified atom stereocenters. The van der Waals surface area contributed by atoms with Gasteiger partial charge in [-0.15, -0.1) is 0 Å². The van der Waals surface area contributed by atoms with E-state index >= 15 is 0 Å². The highest BCUT2D eigenvalue weighted by molar-refractivity contribution is 9.10. The van der Waals surface area contributed by atoms with Crippen molar-refractivity contribution in [3.63, 3.8) is 0 Å². The van der Waals surface area contributed by atoms with Gasteiger partial charge in [0.15, 0.2) is 0 Å². The van der Waals surface area contributed by atoms with Gasteiger partial charge in [0.05, 0.1) is 12.0 Å². The Kier molecular flexibility index (Phi) is 4.49. The quantitative estimate of drug-likeness (QED) is 0.775. The first-order valence-corrected chi connectivity index (χ1v) is 8.33.